The minimum atomic E-state index is -1.19. The molecule has 0 aromatic heterocycles. The fourth-order valence-electron chi connectivity index (χ4n) is 6.93. The second-order valence-corrected chi connectivity index (χ2v) is 13.0. The Labute approximate surface area is 246 Å². The van der Waals surface area contributed by atoms with Gasteiger partial charge >= 0.3 is 0 Å². The second-order valence-electron chi connectivity index (χ2n) is 11.8. The van der Waals surface area contributed by atoms with Crippen LogP contribution in [-0.4, -0.2) is 87.0 Å². The molecule has 3 saturated heterocycles. The molecule has 1 N–H and O–H groups in total. The molecule has 8 nitrogen and oxygen atoms in total. The van der Waals surface area contributed by atoms with Gasteiger partial charge in [-0.15, -0.1) is 13.2 Å². The number of carbonyl (C=O) groups excluding carboxylic acids is 3. The quantitative estimate of drug-likeness (QED) is 0.285. The monoisotopic (exact) mass is 615 g/mol. The van der Waals surface area contributed by atoms with Gasteiger partial charge in [-0.2, -0.15) is 0 Å². The van der Waals surface area contributed by atoms with Crippen molar-refractivity contribution in [3.05, 3.63) is 55.6 Å². The first-order chi connectivity index (χ1) is 19.0. The van der Waals surface area contributed by atoms with Gasteiger partial charge in [-0.3, -0.25) is 14.4 Å². The topological polar surface area (TPSA) is 90.4 Å². The summed E-state index contributed by atoms with van der Waals surface area (Å²) in [6, 6.07) is 7.62. The summed E-state index contributed by atoms with van der Waals surface area (Å²) in [5, 5.41) is 10.5. The van der Waals surface area contributed by atoms with Gasteiger partial charge in [0.05, 0.1) is 30.6 Å². The van der Waals surface area contributed by atoms with Crippen LogP contribution in [0.5, 0.6) is 0 Å². The molecule has 1 aromatic carbocycles. The van der Waals surface area contributed by atoms with Crippen molar-refractivity contribution in [1.82, 2.24) is 9.80 Å². The Morgan fingerprint density at radius 2 is 1.80 bits per heavy atom. The zero-order valence-corrected chi connectivity index (χ0v) is 25.5. The number of aliphatic hydroxyl groups excluding tert-OH is 1. The number of carbonyl (C=O) groups is 3. The van der Waals surface area contributed by atoms with Crippen LogP contribution in [0, 0.1) is 17.8 Å². The van der Waals surface area contributed by atoms with Gasteiger partial charge in [0.15, 0.2) is 0 Å². The number of alkyl halides is 1. The van der Waals surface area contributed by atoms with E-state index in [0.29, 0.717) is 25.1 Å². The van der Waals surface area contributed by atoms with Crippen LogP contribution in [0.3, 0.4) is 0 Å². The highest BCUT2D eigenvalue weighted by Gasteiger charge is 2.77. The predicted molar refractivity (Wildman–Crippen MR) is 159 cm³/mol. The molecule has 3 aliphatic rings. The third-order valence-electron chi connectivity index (χ3n) is 8.47. The Morgan fingerprint density at radius 1 is 1.15 bits per heavy atom. The summed E-state index contributed by atoms with van der Waals surface area (Å²) in [5.41, 5.74) is -0.488. The molecular weight excluding hydrogens is 574 g/mol. The van der Waals surface area contributed by atoms with E-state index in [2.05, 4.69) is 29.1 Å². The molecule has 0 radical (unpaired) electrons. The van der Waals surface area contributed by atoms with Crippen LogP contribution < -0.4 is 4.90 Å². The number of nitrogens with zero attached hydrogens (tertiary/aromatic N) is 3. The lowest BCUT2D eigenvalue weighted by molar-refractivity contribution is -0.152. The Bertz CT molecular complexity index is 1130. The zero-order valence-electron chi connectivity index (χ0n) is 23.9. The van der Waals surface area contributed by atoms with Gasteiger partial charge in [0.25, 0.3) is 0 Å². The number of hydrogen-bond acceptors (Lipinski definition) is 5. The number of fused-ring (bicyclic) bond motifs is 1. The number of aliphatic hydroxyl groups is 1. The van der Waals surface area contributed by atoms with Crippen LogP contribution in [0.2, 0.25) is 0 Å². The molecule has 1 aromatic rings. The maximum atomic E-state index is 14.5. The van der Waals surface area contributed by atoms with Crippen molar-refractivity contribution in [3.63, 3.8) is 0 Å². The fourth-order valence-corrected chi connectivity index (χ4v) is 7.88. The van der Waals surface area contributed by atoms with Crippen molar-refractivity contribution in [2.24, 2.45) is 17.8 Å². The molecule has 40 heavy (non-hydrogen) atoms. The summed E-state index contributed by atoms with van der Waals surface area (Å²) in [4.78, 5) is 47.9. The van der Waals surface area contributed by atoms with Crippen LogP contribution in [0.15, 0.2) is 55.6 Å². The lowest BCUT2D eigenvalue weighted by Crippen LogP contribution is -2.60. The minimum absolute atomic E-state index is 0.146. The smallest absolute Gasteiger partial charge is 0.248 e. The van der Waals surface area contributed by atoms with Gasteiger partial charge in [0, 0.05) is 29.6 Å². The van der Waals surface area contributed by atoms with Crippen molar-refractivity contribution in [2.75, 3.05) is 24.6 Å². The van der Waals surface area contributed by atoms with Gasteiger partial charge in [0.2, 0.25) is 17.7 Å². The lowest BCUT2D eigenvalue weighted by atomic mass is 9.70. The van der Waals surface area contributed by atoms with Gasteiger partial charge in [-0.05, 0) is 44.7 Å². The van der Waals surface area contributed by atoms with Crippen LogP contribution >= 0.6 is 15.9 Å². The van der Waals surface area contributed by atoms with Gasteiger partial charge in [0.1, 0.15) is 11.6 Å². The number of benzene rings is 1. The van der Waals surface area contributed by atoms with Crippen molar-refractivity contribution >= 4 is 39.3 Å². The molecule has 3 aliphatic heterocycles. The number of amides is 3. The summed E-state index contributed by atoms with van der Waals surface area (Å²) in [7, 11) is 0. The molecule has 218 valence electrons. The molecule has 2 bridgehead atoms. The fraction of sp³-hybridized carbons (Fsp3) is 0.581. The molecule has 3 fully saturated rings. The van der Waals surface area contributed by atoms with E-state index in [1.165, 1.54) is 0 Å². The predicted octanol–water partition coefficient (Wildman–Crippen LogP) is 3.78. The van der Waals surface area contributed by atoms with E-state index < -0.39 is 35.6 Å². The second kappa shape index (κ2) is 12.2. The Morgan fingerprint density at radius 3 is 2.35 bits per heavy atom. The average molecular weight is 617 g/mol. The summed E-state index contributed by atoms with van der Waals surface area (Å²) in [6.07, 6.45) is 3.70. The molecule has 7 atom stereocenters. The molecule has 9 heteroatoms. The third kappa shape index (κ3) is 5.05. The summed E-state index contributed by atoms with van der Waals surface area (Å²) in [6.45, 7) is 15.9. The highest BCUT2D eigenvalue weighted by molar-refractivity contribution is 9.09. The molecular formula is C31H42BrN3O5. The molecule has 4 rings (SSSR count). The number of ether oxygens (including phenoxy) is 1. The molecule has 0 aliphatic carbocycles. The van der Waals surface area contributed by atoms with Gasteiger partial charge in [-0.1, -0.05) is 60.1 Å². The maximum Gasteiger partial charge on any atom is 0.248 e. The van der Waals surface area contributed by atoms with Gasteiger partial charge < -0.3 is 24.5 Å². The first-order valence-corrected chi connectivity index (χ1v) is 15.1. The number of rotatable bonds is 12. The highest BCUT2D eigenvalue weighted by atomic mass is 79.9. The normalized spacial score (nSPS) is 29.6. The van der Waals surface area contributed by atoms with E-state index in [1.54, 1.807) is 26.9 Å². The summed E-state index contributed by atoms with van der Waals surface area (Å²) < 4.78 is 6.70. The van der Waals surface area contributed by atoms with Crippen LogP contribution in [0.4, 0.5) is 5.69 Å². The average Bonchev–Trinajstić information content (AvgIpc) is 3.51. The molecule has 3 amide bonds. The molecule has 0 saturated carbocycles. The van der Waals surface area contributed by atoms with Gasteiger partial charge in [-0.25, -0.2) is 0 Å². The van der Waals surface area contributed by atoms with E-state index in [4.69, 9.17) is 4.74 Å². The SMILES string of the molecule is C=CCN(C(=O)[C@H]1[C@@H]2OC3(CC2Br)C(C(=O)N(CC=C)C(C)C)N([C@@H](CO)CC(C)C)C(=O)[C@H]13)c1ccccc1. The van der Waals surface area contributed by atoms with Crippen molar-refractivity contribution in [1.29, 1.82) is 0 Å². The van der Waals surface area contributed by atoms with Crippen molar-refractivity contribution in [3.8, 4) is 0 Å². The zero-order chi connectivity index (χ0) is 29.4. The first kappa shape index (κ1) is 30.5. The van der Waals surface area contributed by atoms with E-state index in [9.17, 15) is 19.5 Å². The van der Waals surface area contributed by atoms with Crippen LogP contribution in [0.1, 0.15) is 40.5 Å². The van der Waals surface area contributed by atoms with Crippen LogP contribution in [-0.2, 0) is 19.1 Å². The van der Waals surface area contributed by atoms with Crippen LogP contribution in [0.25, 0.3) is 0 Å². The van der Waals surface area contributed by atoms with E-state index in [0.717, 1.165) is 0 Å². The summed E-state index contributed by atoms with van der Waals surface area (Å²) >= 11 is 3.75. The summed E-state index contributed by atoms with van der Waals surface area (Å²) in [5.74, 6) is -2.24. The molecule has 1 spiro atoms. The van der Waals surface area contributed by atoms with E-state index in [-0.39, 0.29) is 47.7 Å². The molecule has 3 unspecified atom stereocenters. The number of hydrogen-bond donors (Lipinski definition) is 1. The van der Waals surface area contributed by atoms with E-state index >= 15 is 0 Å². The lowest BCUT2D eigenvalue weighted by Gasteiger charge is -2.40. The number of halogens is 1. The maximum absolute atomic E-state index is 14.5. The van der Waals surface area contributed by atoms with Crippen molar-refractivity contribution in [2.45, 2.75) is 75.2 Å². The third-order valence-corrected chi connectivity index (χ3v) is 9.32. The number of para-hydroxylation sites is 1. The Balaban J connectivity index is 1.84. The first-order valence-electron chi connectivity index (χ1n) is 14.2. The Hall–Kier alpha value is -2.49. The van der Waals surface area contributed by atoms with E-state index in [1.807, 2.05) is 58.0 Å². The molecule has 3 heterocycles. The highest BCUT2D eigenvalue weighted by Crippen LogP contribution is 2.61. The Kier molecular flexibility index (Phi) is 9.27. The largest absolute Gasteiger partial charge is 0.394 e. The van der Waals surface area contributed by atoms with Crippen molar-refractivity contribution < 1.29 is 24.2 Å². The number of likely N-dealkylation sites (tertiary alicyclic amines) is 1. The standard InChI is InChI=1S/C31H42BrN3O5/c1-7-14-33(20(5)6)30(39)27-31-17-23(32)26(40-31)24(25(31)29(38)35(27)22(18-36)16-19(3)4)28(37)34(15-8-2)21-12-10-9-11-13-21/h7-13,19-20,22-27,36H,1-2,14-18H2,3-6H3/t22-,23?,24-,25+,26-,27?,31?/m1/s1. The minimum Gasteiger partial charge on any atom is -0.394 e. The number of anilines is 1.